The SMILES string of the molecule is CCOC(=O)CSc1nnc(NC(=O)c2ccc(-c3ccc(Cl)cc3)s2)s1. The number of benzene rings is 1. The van der Waals surface area contributed by atoms with Gasteiger partial charge in [0, 0.05) is 9.90 Å². The molecule has 0 unspecified atom stereocenters. The van der Waals surface area contributed by atoms with Crippen LogP contribution in [0.15, 0.2) is 40.7 Å². The van der Waals surface area contributed by atoms with Crippen molar-refractivity contribution in [2.24, 2.45) is 0 Å². The summed E-state index contributed by atoms with van der Waals surface area (Å²) in [6.45, 7) is 2.10. The molecular weight excluding hydrogens is 426 g/mol. The van der Waals surface area contributed by atoms with Crippen LogP contribution in [-0.2, 0) is 9.53 Å². The van der Waals surface area contributed by atoms with Crippen molar-refractivity contribution in [3.05, 3.63) is 46.3 Å². The van der Waals surface area contributed by atoms with Gasteiger partial charge in [0.15, 0.2) is 4.34 Å². The second-order valence-electron chi connectivity index (χ2n) is 5.09. The Hall–Kier alpha value is -1.94. The maximum atomic E-state index is 12.4. The zero-order valence-corrected chi connectivity index (χ0v) is 17.3. The molecule has 2 aromatic heterocycles. The third kappa shape index (κ3) is 5.52. The number of thiophene rings is 1. The van der Waals surface area contributed by atoms with E-state index >= 15 is 0 Å². The second-order valence-corrected chi connectivity index (χ2v) is 8.81. The minimum Gasteiger partial charge on any atom is -0.465 e. The highest BCUT2D eigenvalue weighted by Gasteiger charge is 2.14. The molecule has 0 aliphatic carbocycles. The molecule has 3 rings (SSSR count). The summed E-state index contributed by atoms with van der Waals surface area (Å²) in [6, 6.07) is 11.1. The van der Waals surface area contributed by atoms with Crippen molar-refractivity contribution in [1.82, 2.24) is 10.2 Å². The van der Waals surface area contributed by atoms with E-state index in [1.165, 1.54) is 34.4 Å². The molecular formula is C17H14ClN3O3S3. The fraction of sp³-hybridized carbons (Fsp3) is 0.176. The number of halogens is 1. The highest BCUT2D eigenvalue weighted by atomic mass is 35.5. The normalized spacial score (nSPS) is 10.6. The summed E-state index contributed by atoms with van der Waals surface area (Å²) in [5, 5.41) is 11.7. The van der Waals surface area contributed by atoms with E-state index in [4.69, 9.17) is 16.3 Å². The van der Waals surface area contributed by atoms with Crippen molar-refractivity contribution in [1.29, 1.82) is 0 Å². The largest absolute Gasteiger partial charge is 0.465 e. The van der Waals surface area contributed by atoms with Gasteiger partial charge in [0.25, 0.3) is 5.91 Å². The predicted octanol–water partition coefficient (Wildman–Crippen LogP) is 4.83. The average Bonchev–Trinajstić information content (AvgIpc) is 3.30. The quantitative estimate of drug-likeness (QED) is 0.322. The number of hydrogen-bond acceptors (Lipinski definition) is 8. The van der Waals surface area contributed by atoms with Gasteiger partial charge in [-0.2, -0.15) is 0 Å². The van der Waals surface area contributed by atoms with Crippen LogP contribution in [0.4, 0.5) is 5.13 Å². The van der Waals surface area contributed by atoms with Gasteiger partial charge in [-0.05, 0) is 36.8 Å². The van der Waals surface area contributed by atoms with Crippen LogP contribution in [0.5, 0.6) is 0 Å². The minimum absolute atomic E-state index is 0.159. The molecule has 0 fully saturated rings. The molecule has 0 radical (unpaired) electrons. The first kappa shape index (κ1) is 19.8. The Morgan fingerprint density at radius 1 is 1.15 bits per heavy atom. The fourth-order valence-electron chi connectivity index (χ4n) is 2.03. The van der Waals surface area contributed by atoms with E-state index in [1.807, 2.05) is 30.3 Å². The van der Waals surface area contributed by atoms with Gasteiger partial charge < -0.3 is 4.74 Å². The molecule has 1 aromatic carbocycles. The summed E-state index contributed by atoms with van der Waals surface area (Å²) in [4.78, 5) is 25.3. The first-order chi connectivity index (χ1) is 13.0. The van der Waals surface area contributed by atoms with Gasteiger partial charge in [-0.15, -0.1) is 21.5 Å². The summed E-state index contributed by atoms with van der Waals surface area (Å²) >= 11 is 9.72. The molecule has 0 atom stereocenters. The van der Waals surface area contributed by atoms with E-state index in [0.29, 0.717) is 26.0 Å². The number of rotatable bonds is 7. The fourth-order valence-corrected chi connectivity index (χ4v) is 4.61. The smallest absolute Gasteiger partial charge is 0.316 e. The molecule has 1 amide bonds. The molecule has 0 aliphatic rings. The van der Waals surface area contributed by atoms with E-state index in [1.54, 1.807) is 13.0 Å². The summed E-state index contributed by atoms with van der Waals surface area (Å²) < 4.78 is 5.45. The number of carbonyl (C=O) groups excluding carboxylic acids is 2. The van der Waals surface area contributed by atoms with Crippen LogP contribution in [0.3, 0.4) is 0 Å². The van der Waals surface area contributed by atoms with Crippen molar-refractivity contribution >= 4 is 63.0 Å². The third-order valence-corrected chi connectivity index (χ3v) is 6.53. The number of hydrogen-bond donors (Lipinski definition) is 1. The Morgan fingerprint density at radius 3 is 2.67 bits per heavy atom. The molecule has 6 nitrogen and oxygen atoms in total. The molecule has 0 spiro atoms. The Labute approximate surface area is 172 Å². The van der Waals surface area contributed by atoms with Gasteiger partial charge in [-0.1, -0.05) is 46.8 Å². The number of thioether (sulfide) groups is 1. The van der Waals surface area contributed by atoms with Crippen molar-refractivity contribution in [2.75, 3.05) is 17.7 Å². The van der Waals surface area contributed by atoms with Crippen LogP contribution in [0.2, 0.25) is 5.02 Å². The zero-order chi connectivity index (χ0) is 19.2. The van der Waals surface area contributed by atoms with Gasteiger partial charge in [0.1, 0.15) is 0 Å². The molecule has 3 aromatic rings. The van der Waals surface area contributed by atoms with E-state index in [2.05, 4.69) is 15.5 Å². The molecule has 0 saturated carbocycles. The van der Waals surface area contributed by atoms with Crippen LogP contribution in [0.25, 0.3) is 10.4 Å². The standard InChI is InChI=1S/C17H14ClN3O3S3/c1-2-24-14(22)9-25-17-21-20-16(27-17)19-15(23)13-8-7-12(26-13)10-3-5-11(18)6-4-10/h3-8H,2,9H2,1H3,(H,19,20,23). The Kier molecular flexibility index (Phi) is 6.84. The monoisotopic (exact) mass is 439 g/mol. The van der Waals surface area contributed by atoms with E-state index in [9.17, 15) is 9.59 Å². The number of nitrogens with zero attached hydrogens (tertiary/aromatic N) is 2. The molecule has 0 saturated heterocycles. The zero-order valence-electron chi connectivity index (χ0n) is 14.1. The van der Waals surface area contributed by atoms with Crippen LogP contribution in [0, 0.1) is 0 Å². The van der Waals surface area contributed by atoms with Crippen LogP contribution in [0.1, 0.15) is 16.6 Å². The highest BCUT2D eigenvalue weighted by molar-refractivity contribution is 8.01. The lowest BCUT2D eigenvalue weighted by Crippen LogP contribution is -2.09. The summed E-state index contributed by atoms with van der Waals surface area (Å²) in [6.07, 6.45) is 0. The van der Waals surface area contributed by atoms with Crippen LogP contribution >= 0.6 is 46.0 Å². The van der Waals surface area contributed by atoms with E-state index in [-0.39, 0.29) is 17.6 Å². The van der Waals surface area contributed by atoms with Gasteiger partial charge in [-0.3, -0.25) is 14.9 Å². The van der Waals surface area contributed by atoms with Crippen LogP contribution in [-0.4, -0.2) is 34.4 Å². The summed E-state index contributed by atoms with van der Waals surface area (Å²) in [5.41, 5.74) is 0.997. The van der Waals surface area contributed by atoms with Gasteiger partial charge in [0.2, 0.25) is 5.13 Å². The number of amides is 1. The third-order valence-electron chi connectivity index (χ3n) is 3.20. The minimum atomic E-state index is -0.309. The Morgan fingerprint density at radius 2 is 1.93 bits per heavy atom. The number of anilines is 1. The van der Waals surface area contributed by atoms with E-state index in [0.717, 1.165) is 10.4 Å². The molecule has 140 valence electrons. The lowest BCUT2D eigenvalue weighted by molar-refractivity contribution is -0.139. The molecule has 10 heteroatoms. The topological polar surface area (TPSA) is 81.2 Å². The number of aromatic nitrogens is 2. The lowest BCUT2D eigenvalue weighted by Gasteiger charge is -1.99. The maximum Gasteiger partial charge on any atom is 0.316 e. The Balaban J connectivity index is 1.59. The molecule has 0 bridgehead atoms. The van der Waals surface area contributed by atoms with Crippen molar-refractivity contribution in [3.63, 3.8) is 0 Å². The predicted molar refractivity (Wildman–Crippen MR) is 110 cm³/mol. The van der Waals surface area contributed by atoms with Crippen molar-refractivity contribution in [3.8, 4) is 10.4 Å². The molecule has 27 heavy (non-hydrogen) atoms. The molecule has 0 aliphatic heterocycles. The van der Waals surface area contributed by atoms with Gasteiger partial charge >= 0.3 is 5.97 Å². The second kappa shape index (κ2) is 9.32. The number of nitrogens with one attached hydrogen (secondary N) is 1. The number of esters is 1. The maximum absolute atomic E-state index is 12.4. The summed E-state index contributed by atoms with van der Waals surface area (Å²) in [7, 11) is 0. The lowest BCUT2D eigenvalue weighted by atomic mass is 10.2. The average molecular weight is 440 g/mol. The molecule has 1 N–H and O–H groups in total. The first-order valence-electron chi connectivity index (χ1n) is 7.84. The first-order valence-corrected chi connectivity index (χ1v) is 10.8. The Bertz CT molecular complexity index is 940. The number of ether oxygens (including phenoxy) is 1. The van der Waals surface area contributed by atoms with Gasteiger partial charge in [0.05, 0.1) is 17.2 Å². The van der Waals surface area contributed by atoms with Crippen LogP contribution < -0.4 is 5.32 Å². The van der Waals surface area contributed by atoms with Gasteiger partial charge in [-0.25, -0.2) is 0 Å². The van der Waals surface area contributed by atoms with Crippen molar-refractivity contribution < 1.29 is 14.3 Å². The van der Waals surface area contributed by atoms with Crippen molar-refractivity contribution in [2.45, 2.75) is 11.3 Å². The summed E-state index contributed by atoms with van der Waals surface area (Å²) in [5.74, 6) is -0.402. The highest BCUT2D eigenvalue weighted by Crippen LogP contribution is 2.30. The molecule has 2 heterocycles. The number of carbonyl (C=O) groups is 2. The van der Waals surface area contributed by atoms with E-state index < -0.39 is 0 Å².